The summed E-state index contributed by atoms with van der Waals surface area (Å²) >= 11 is 0. The Labute approximate surface area is 194 Å². The van der Waals surface area contributed by atoms with Crippen LogP contribution in [0.15, 0.2) is 85.1 Å². The molecule has 1 heterocycles. The first kappa shape index (κ1) is 20.1. The van der Waals surface area contributed by atoms with Crippen molar-refractivity contribution in [1.29, 1.82) is 0 Å². The minimum absolute atomic E-state index is 0.392. The second kappa shape index (κ2) is 7.81. The number of rotatable bonds is 4. The lowest BCUT2D eigenvalue weighted by atomic mass is 9.63. The molecule has 5 aromatic rings. The molecule has 0 spiro atoms. The first-order valence-electron chi connectivity index (χ1n) is 12.0. The Morgan fingerprint density at radius 3 is 2.58 bits per heavy atom. The lowest BCUT2D eigenvalue weighted by Gasteiger charge is -2.39. The average Bonchev–Trinajstić information content (AvgIpc) is 2.86. The van der Waals surface area contributed by atoms with E-state index in [0.717, 1.165) is 36.6 Å². The second-order valence-corrected chi connectivity index (χ2v) is 9.44. The number of pyridine rings is 1. The van der Waals surface area contributed by atoms with Gasteiger partial charge in [0.05, 0.1) is 10.9 Å². The number of carbonyl (C=O) groups excluding carboxylic acids is 1. The Hall–Kier alpha value is -3.52. The van der Waals surface area contributed by atoms with Gasteiger partial charge in [-0.15, -0.1) is 0 Å². The fourth-order valence-electron chi connectivity index (χ4n) is 6.06. The van der Waals surface area contributed by atoms with Gasteiger partial charge >= 0.3 is 0 Å². The zero-order chi connectivity index (χ0) is 22.4. The van der Waals surface area contributed by atoms with Crippen LogP contribution in [0, 0.1) is 0 Å². The zero-order valence-electron chi connectivity index (χ0n) is 19.0. The van der Waals surface area contributed by atoms with E-state index in [0.29, 0.717) is 12.2 Å². The monoisotopic (exact) mass is 429 g/mol. The van der Waals surface area contributed by atoms with Crippen molar-refractivity contribution >= 4 is 38.2 Å². The topological polar surface area (TPSA) is 30.0 Å². The summed E-state index contributed by atoms with van der Waals surface area (Å²) in [6.45, 7) is 2.20. The summed E-state index contributed by atoms with van der Waals surface area (Å²) in [6, 6.07) is 28.1. The SMILES string of the molecule is CCCC1(Cc2ccc3ncccc3c2)C(=O)CCc2c1ccc1c2ccc2ccccc21. The van der Waals surface area contributed by atoms with Crippen LogP contribution in [-0.4, -0.2) is 10.8 Å². The molecule has 33 heavy (non-hydrogen) atoms. The van der Waals surface area contributed by atoms with E-state index in [9.17, 15) is 4.79 Å². The lowest BCUT2D eigenvalue weighted by Crippen LogP contribution is -2.42. The van der Waals surface area contributed by atoms with Gasteiger partial charge in [-0.2, -0.15) is 0 Å². The molecule has 1 unspecified atom stereocenters. The number of hydrogen-bond acceptors (Lipinski definition) is 2. The molecule has 4 aromatic carbocycles. The standard InChI is InChI=1S/C31H27NO/c1-2-17-31(20-21-9-15-29-23(19-21)7-5-18-32-29)28-14-12-25-24-8-4-3-6-22(24)10-11-26(25)27(28)13-16-30(31)33/h3-12,14-15,18-19H,2,13,16-17,20H2,1H3. The van der Waals surface area contributed by atoms with Crippen molar-refractivity contribution in [1.82, 2.24) is 4.98 Å². The van der Waals surface area contributed by atoms with Gasteiger partial charge < -0.3 is 0 Å². The quantitative estimate of drug-likeness (QED) is 0.280. The van der Waals surface area contributed by atoms with Gasteiger partial charge in [-0.1, -0.05) is 74.0 Å². The number of aryl methyl sites for hydroxylation is 1. The summed E-state index contributed by atoms with van der Waals surface area (Å²) in [4.78, 5) is 18.1. The number of fused-ring (bicyclic) bond motifs is 6. The molecule has 0 saturated heterocycles. The minimum atomic E-state index is -0.460. The highest BCUT2D eigenvalue weighted by Crippen LogP contribution is 2.44. The van der Waals surface area contributed by atoms with E-state index in [1.54, 1.807) is 0 Å². The van der Waals surface area contributed by atoms with Crippen molar-refractivity contribution < 1.29 is 4.79 Å². The summed E-state index contributed by atoms with van der Waals surface area (Å²) in [5.74, 6) is 0.392. The molecular formula is C31H27NO. The second-order valence-electron chi connectivity index (χ2n) is 9.44. The maximum Gasteiger partial charge on any atom is 0.144 e. The molecule has 0 bridgehead atoms. The predicted molar refractivity (Wildman–Crippen MR) is 137 cm³/mol. The molecular weight excluding hydrogens is 402 g/mol. The van der Waals surface area contributed by atoms with Gasteiger partial charge in [0.15, 0.2) is 0 Å². The van der Waals surface area contributed by atoms with Crippen LogP contribution < -0.4 is 0 Å². The van der Waals surface area contributed by atoms with E-state index < -0.39 is 5.41 Å². The Morgan fingerprint density at radius 2 is 1.67 bits per heavy atom. The van der Waals surface area contributed by atoms with Gasteiger partial charge in [0.25, 0.3) is 0 Å². The van der Waals surface area contributed by atoms with Crippen LogP contribution in [-0.2, 0) is 23.1 Å². The Balaban J connectivity index is 1.55. The van der Waals surface area contributed by atoms with Gasteiger partial charge in [-0.3, -0.25) is 9.78 Å². The van der Waals surface area contributed by atoms with Crippen molar-refractivity contribution in [2.24, 2.45) is 0 Å². The predicted octanol–water partition coefficient (Wildman–Crippen LogP) is 7.34. The van der Waals surface area contributed by atoms with Gasteiger partial charge in [0, 0.05) is 18.0 Å². The molecule has 2 heteroatoms. The molecule has 0 saturated carbocycles. The Bertz CT molecular complexity index is 1530. The van der Waals surface area contributed by atoms with Crippen molar-refractivity contribution in [3.05, 3.63) is 102 Å². The van der Waals surface area contributed by atoms with Gasteiger partial charge in [0.1, 0.15) is 5.78 Å². The number of Topliss-reactive ketones (excluding diaryl/α,β-unsaturated/α-hetero) is 1. The molecule has 1 aliphatic carbocycles. The highest BCUT2D eigenvalue weighted by Gasteiger charge is 2.43. The molecule has 2 nitrogen and oxygen atoms in total. The summed E-state index contributed by atoms with van der Waals surface area (Å²) in [7, 11) is 0. The minimum Gasteiger partial charge on any atom is -0.299 e. The first-order valence-corrected chi connectivity index (χ1v) is 12.0. The third kappa shape index (κ3) is 3.16. The van der Waals surface area contributed by atoms with E-state index in [2.05, 4.69) is 84.7 Å². The number of hydrogen-bond donors (Lipinski definition) is 0. The molecule has 1 aliphatic rings. The lowest BCUT2D eigenvalue weighted by molar-refractivity contribution is -0.125. The normalized spacial score (nSPS) is 18.2. The first-order chi connectivity index (χ1) is 16.2. The third-order valence-corrected chi connectivity index (χ3v) is 7.54. The maximum atomic E-state index is 13.7. The maximum absolute atomic E-state index is 13.7. The Kier molecular flexibility index (Phi) is 4.76. The molecule has 0 amide bonds. The fourth-order valence-corrected chi connectivity index (χ4v) is 6.06. The summed E-state index contributed by atoms with van der Waals surface area (Å²) in [5.41, 5.74) is 4.36. The van der Waals surface area contributed by atoms with Crippen LogP contribution in [0.25, 0.3) is 32.4 Å². The van der Waals surface area contributed by atoms with E-state index in [1.807, 2.05) is 12.3 Å². The van der Waals surface area contributed by atoms with Crippen LogP contribution in [0.4, 0.5) is 0 Å². The van der Waals surface area contributed by atoms with Crippen LogP contribution in [0.1, 0.15) is 42.9 Å². The summed E-state index contributed by atoms with van der Waals surface area (Å²) in [6.07, 6.45) is 5.89. The van der Waals surface area contributed by atoms with E-state index in [4.69, 9.17) is 0 Å². The van der Waals surface area contributed by atoms with Crippen molar-refractivity contribution in [2.75, 3.05) is 0 Å². The van der Waals surface area contributed by atoms with E-state index in [1.165, 1.54) is 38.2 Å². The number of nitrogens with zero attached hydrogens (tertiary/aromatic N) is 1. The number of benzene rings is 4. The summed E-state index contributed by atoms with van der Waals surface area (Å²) < 4.78 is 0. The van der Waals surface area contributed by atoms with Gasteiger partial charge in [-0.05, 0) is 75.7 Å². The van der Waals surface area contributed by atoms with Crippen molar-refractivity contribution in [2.45, 2.75) is 44.4 Å². The van der Waals surface area contributed by atoms with Gasteiger partial charge in [0.2, 0.25) is 0 Å². The van der Waals surface area contributed by atoms with Crippen molar-refractivity contribution in [3.8, 4) is 0 Å². The smallest absolute Gasteiger partial charge is 0.144 e. The third-order valence-electron chi connectivity index (χ3n) is 7.54. The number of carbonyl (C=O) groups is 1. The molecule has 0 radical (unpaired) electrons. The molecule has 162 valence electrons. The van der Waals surface area contributed by atoms with Crippen LogP contribution in [0.5, 0.6) is 0 Å². The molecule has 1 atom stereocenters. The highest BCUT2D eigenvalue weighted by atomic mass is 16.1. The largest absolute Gasteiger partial charge is 0.299 e. The van der Waals surface area contributed by atoms with E-state index >= 15 is 0 Å². The molecule has 1 aromatic heterocycles. The fraction of sp³-hybridized carbons (Fsp3) is 0.226. The van der Waals surface area contributed by atoms with Crippen LogP contribution in [0.3, 0.4) is 0 Å². The average molecular weight is 430 g/mol. The molecule has 0 aliphatic heterocycles. The van der Waals surface area contributed by atoms with Gasteiger partial charge in [-0.25, -0.2) is 0 Å². The highest BCUT2D eigenvalue weighted by molar-refractivity contribution is 6.10. The number of aromatic nitrogens is 1. The van der Waals surface area contributed by atoms with E-state index in [-0.39, 0.29) is 0 Å². The number of ketones is 1. The zero-order valence-corrected chi connectivity index (χ0v) is 19.0. The molecule has 0 fully saturated rings. The molecule has 0 N–H and O–H groups in total. The Morgan fingerprint density at radius 1 is 0.818 bits per heavy atom. The van der Waals surface area contributed by atoms with Crippen LogP contribution >= 0.6 is 0 Å². The molecule has 6 rings (SSSR count). The van der Waals surface area contributed by atoms with Crippen LogP contribution in [0.2, 0.25) is 0 Å². The van der Waals surface area contributed by atoms with Crippen molar-refractivity contribution in [3.63, 3.8) is 0 Å². The summed E-state index contributed by atoms with van der Waals surface area (Å²) in [5, 5.41) is 6.29.